The smallest absolute Gasteiger partial charge is 0.136 e. The van der Waals surface area contributed by atoms with Crippen molar-refractivity contribution in [3.8, 4) is 0 Å². The molecule has 1 aromatic rings. The van der Waals surface area contributed by atoms with Crippen LogP contribution < -0.4 is 0 Å². The van der Waals surface area contributed by atoms with Crippen molar-refractivity contribution in [2.75, 3.05) is 0 Å². The molecule has 0 aliphatic carbocycles. The maximum atomic E-state index is 6.17. The summed E-state index contributed by atoms with van der Waals surface area (Å²) in [7, 11) is 0. The summed E-state index contributed by atoms with van der Waals surface area (Å²) in [6.07, 6.45) is 1.71. The Labute approximate surface area is 97.1 Å². The molecular weight excluding hydrogens is 208 g/mol. The molecule has 0 bridgehead atoms. The molecule has 3 heteroatoms. The third-order valence-electron chi connectivity index (χ3n) is 2.38. The molecule has 1 heterocycles. The Morgan fingerprint density at radius 1 is 1.07 bits per heavy atom. The molecule has 1 aromatic heterocycles. The maximum absolute atomic E-state index is 6.17. The monoisotopic (exact) mass is 226 g/mol. The lowest BCUT2D eigenvalue weighted by atomic mass is 9.88. The van der Waals surface area contributed by atoms with E-state index in [0.29, 0.717) is 5.15 Å². The lowest BCUT2D eigenvalue weighted by molar-refractivity contribution is 0.554. The number of aromatic nitrogens is 2. The average Bonchev–Trinajstić information content (AvgIpc) is 2.15. The summed E-state index contributed by atoms with van der Waals surface area (Å²) in [4.78, 5) is 8.89. The van der Waals surface area contributed by atoms with Crippen LogP contribution in [0.25, 0.3) is 0 Å². The standard InChI is InChI=1S/C12H19ClN2/c1-6-8-10(12(3,4)5)14-9(7-2)15-11(8)13/h6-7H2,1-5H3. The predicted molar refractivity (Wildman–Crippen MR) is 64.5 cm³/mol. The third-order valence-corrected chi connectivity index (χ3v) is 2.70. The molecule has 0 spiro atoms. The zero-order chi connectivity index (χ0) is 11.6. The van der Waals surface area contributed by atoms with E-state index in [4.69, 9.17) is 11.6 Å². The number of hydrogen-bond acceptors (Lipinski definition) is 2. The van der Waals surface area contributed by atoms with Gasteiger partial charge in [0.25, 0.3) is 0 Å². The highest BCUT2D eigenvalue weighted by atomic mass is 35.5. The normalized spacial score (nSPS) is 11.9. The predicted octanol–water partition coefficient (Wildman–Crippen LogP) is 3.55. The van der Waals surface area contributed by atoms with Gasteiger partial charge in [-0.25, -0.2) is 9.97 Å². The van der Waals surface area contributed by atoms with E-state index in [2.05, 4.69) is 37.7 Å². The van der Waals surface area contributed by atoms with Crippen LogP contribution in [0.1, 0.15) is 51.7 Å². The molecule has 0 aliphatic heterocycles. The molecule has 84 valence electrons. The molecule has 0 N–H and O–H groups in total. The highest BCUT2D eigenvalue weighted by molar-refractivity contribution is 6.30. The van der Waals surface area contributed by atoms with Crippen LogP contribution in [0.4, 0.5) is 0 Å². The van der Waals surface area contributed by atoms with Crippen molar-refractivity contribution in [2.24, 2.45) is 0 Å². The van der Waals surface area contributed by atoms with Crippen LogP contribution in [0.15, 0.2) is 0 Å². The first kappa shape index (κ1) is 12.4. The van der Waals surface area contributed by atoms with E-state index >= 15 is 0 Å². The van der Waals surface area contributed by atoms with Gasteiger partial charge in [-0.15, -0.1) is 0 Å². The van der Waals surface area contributed by atoms with Crippen molar-refractivity contribution in [1.82, 2.24) is 9.97 Å². The summed E-state index contributed by atoms with van der Waals surface area (Å²) < 4.78 is 0. The van der Waals surface area contributed by atoms with Gasteiger partial charge in [-0.3, -0.25) is 0 Å². The molecule has 0 saturated heterocycles. The molecule has 0 saturated carbocycles. The fourth-order valence-electron chi connectivity index (χ4n) is 1.59. The van der Waals surface area contributed by atoms with Crippen molar-refractivity contribution >= 4 is 11.6 Å². The van der Waals surface area contributed by atoms with Crippen molar-refractivity contribution in [3.63, 3.8) is 0 Å². The second-order valence-corrected chi connectivity index (χ2v) is 5.07. The molecule has 0 atom stereocenters. The summed E-state index contributed by atoms with van der Waals surface area (Å²) >= 11 is 6.17. The fourth-order valence-corrected chi connectivity index (χ4v) is 1.91. The number of aryl methyl sites for hydroxylation is 1. The Kier molecular flexibility index (Phi) is 3.72. The third kappa shape index (κ3) is 2.69. The van der Waals surface area contributed by atoms with E-state index in [1.165, 1.54) is 0 Å². The van der Waals surface area contributed by atoms with Crippen molar-refractivity contribution < 1.29 is 0 Å². The van der Waals surface area contributed by atoms with Gasteiger partial charge in [-0.05, 0) is 6.42 Å². The first-order chi connectivity index (χ1) is 6.90. The van der Waals surface area contributed by atoms with Crippen LogP contribution in [0, 0.1) is 0 Å². The Hall–Kier alpha value is -0.630. The molecule has 15 heavy (non-hydrogen) atoms. The maximum Gasteiger partial charge on any atom is 0.136 e. The topological polar surface area (TPSA) is 25.8 Å². The number of rotatable bonds is 2. The molecular formula is C12H19ClN2. The van der Waals surface area contributed by atoms with E-state index in [0.717, 1.165) is 29.9 Å². The van der Waals surface area contributed by atoms with E-state index in [9.17, 15) is 0 Å². The van der Waals surface area contributed by atoms with Crippen molar-refractivity contribution in [2.45, 2.75) is 52.9 Å². The van der Waals surface area contributed by atoms with Gasteiger partial charge in [0.15, 0.2) is 0 Å². The molecule has 0 unspecified atom stereocenters. The van der Waals surface area contributed by atoms with Crippen LogP contribution in [-0.2, 0) is 18.3 Å². The highest BCUT2D eigenvalue weighted by Gasteiger charge is 2.22. The number of halogens is 1. The van der Waals surface area contributed by atoms with Gasteiger partial charge in [-0.2, -0.15) is 0 Å². The first-order valence-electron chi connectivity index (χ1n) is 5.45. The van der Waals surface area contributed by atoms with E-state index in [1.54, 1.807) is 0 Å². The first-order valence-corrected chi connectivity index (χ1v) is 5.83. The molecule has 0 aliphatic rings. The van der Waals surface area contributed by atoms with Crippen LogP contribution in [0.5, 0.6) is 0 Å². The van der Waals surface area contributed by atoms with Crippen LogP contribution in [0.2, 0.25) is 5.15 Å². The van der Waals surface area contributed by atoms with Gasteiger partial charge in [0.2, 0.25) is 0 Å². The zero-order valence-corrected chi connectivity index (χ0v) is 10.9. The lowest BCUT2D eigenvalue weighted by Gasteiger charge is -2.22. The average molecular weight is 227 g/mol. The van der Waals surface area contributed by atoms with Gasteiger partial charge in [0.05, 0.1) is 5.69 Å². The lowest BCUT2D eigenvalue weighted by Crippen LogP contribution is -2.19. The summed E-state index contributed by atoms with van der Waals surface area (Å²) in [6.45, 7) is 10.6. The summed E-state index contributed by atoms with van der Waals surface area (Å²) in [6, 6.07) is 0. The van der Waals surface area contributed by atoms with E-state index in [-0.39, 0.29) is 5.41 Å². The number of hydrogen-bond donors (Lipinski definition) is 0. The summed E-state index contributed by atoms with van der Waals surface area (Å²) in [5, 5.41) is 0.620. The van der Waals surface area contributed by atoms with Crippen molar-refractivity contribution in [1.29, 1.82) is 0 Å². The highest BCUT2D eigenvalue weighted by Crippen LogP contribution is 2.28. The van der Waals surface area contributed by atoms with Crippen LogP contribution in [0.3, 0.4) is 0 Å². The minimum Gasteiger partial charge on any atom is -0.237 e. The van der Waals surface area contributed by atoms with Gasteiger partial charge in [-0.1, -0.05) is 46.2 Å². The SMILES string of the molecule is CCc1nc(Cl)c(CC)c(C(C)(C)C)n1. The molecule has 0 aromatic carbocycles. The molecule has 0 radical (unpaired) electrons. The van der Waals surface area contributed by atoms with Crippen molar-refractivity contribution in [3.05, 3.63) is 22.2 Å². The largest absolute Gasteiger partial charge is 0.237 e. The van der Waals surface area contributed by atoms with E-state index in [1.807, 2.05) is 6.92 Å². The Balaban J connectivity index is 3.39. The summed E-state index contributed by atoms with van der Waals surface area (Å²) in [5.74, 6) is 0.835. The van der Waals surface area contributed by atoms with Gasteiger partial charge in [0, 0.05) is 17.4 Å². The minimum atomic E-state index is 0.0296. The molecule has 0 amide bonds. The Bertz CT molecular complexity index is 353. The van der Waals surface area contributed by atoms with Crippen LogP contribution in [-0.4, -0.2) is 9.97 Å². The fraction of sp³-hybridized carbons (Fsp3) is 0.667. The van der Waals surface area contributed by atoms with Crippen LogP contribution >= 0.6 is 11.6 Å². The second-order valence-electron chi connectivity index (χ2n) is 4.71. The number of nitrogens with zero attached hydrogens (tertiary/aromatic N) is 2. The minimum absolute atomic E-state index is 0.0296. The van der Waals surface area contributed by atoms with Gasteiger partial charge < -0.3 is 0 Å². The summed E-state index contributed by atoms with van der Waals surface area (Å²) in [5.41, 5.74) is 2.20. The second kappa shape index (κ2) is 4.48. The quantitative estimate of drug-likeness (QED) is 0.721. The van der Waals surface area contributed by atoms with E-state index < -0.39 is 0 Å². The molecule has 2 nitrogen and oxygen atoms in total. The van der Waals surface area contributed by atoms with Gasteiger partial charge >= 0.3 is 0 Å². The zero-order valence-electron chi connectivity index (χ0n) is 10.2. The Morgan fingerprint density at radius 3 is 2.07 bits per heavy atom. The molecule has 0 fully saturated rings. The molecule has 1 rings (SSSR count). The van der Waals surface area contributed by atoms with Gasteiger partial charge in [0.1, 0.15) is 11.0 Å². The Morgan fingerprint density at radius 2 is 1.67 bits per heavy atom.